The maximum atomic E-state index is 12.6. The van der Waals surface area contributed by atoms with Gasteiger partial charge in [0.1, 0.15) is 5.69 Å². The van der Waals surface area contributed by atoms with Crippen molar-refractivity contribution >= 4 is 5.91 Å². The quantitative estimate of drug-likeness (QED) is 0.875. The lowest BCUT2D eigenvalue weighted by Crippen LogP contribution is -2.49. The van der Waals surface area contributed by atoms with Gasteiger partial charge in [-0.25, -0.2) is 4.98 Å². The van der Waals surface area contributed by atoms with Gasteiger partial charge in [-0.3, -0.25) is 9.69 Å². The second-order valence-electron chi connectivity index (χ2n) is 6.24. The van der Waals surface area contributed by atoms with Crippen molar-refractivity contribution in [2.75, 3.05) is 45.9 Å². The highest BCUT2D eigenvalue weighted by Crippen LogP contribution is 2.20. The molecule has 0 spiro atoms. The Hall–Kier alpha value is -1.87. The fourth-order valence-electron chi connectivity index (χ4n) is 3.20. The van der Waals surface area contributed by atoms with E-state index < -0.39 is 12.8 Å². The van der Waals surface area contributed by atoms with Crippen LogP contribution in [-0.2, 0) is 0 Å². The summed E-state index contributed by atoms with van der Waals surface area (Å²) >= 11 is 0. The van der Waals surface area contributed by atoms with Crippen LogP contribution in [0.2, 0.25) is 0 Å². The zero-order chi connectivity index (χ0) is 17.9. The fourth-order valence-corrected chi connectivity index (χ4v) is 3.20. The first-order chi connectivity index (χ1) is 11.9. The molecule has 1 aromatic rings. The molecular weight excluding hydrogens is 337 g/mol. The van der Waals surface area contributed by atoms with Gasteiger partial charge in [0.25, 0.3) is 5.91 Å². The van der Waals surface area contributed by atoms with Gasteiger partial charge >= 0.3 is 6.18 Å². The number of nitrogens with zero attached hydrogens (tertiary/aromatic N) is 3. The number of hydrogen-bond donors (Lipinski definition) is 1. The van der Waals surface area contributed by atoms with E-state index in [1.807, 2.05) is 0 Å². The normalized spacial score (nSPS) is 22.2. The van der Waals surface area contributed by atoms with E-state index >= 15 is 0 Å². The number of alkyl halides is 3. The third kappa shape index (κ3) is 4.82. The standard InChI is InChI=1S/C16H21F3N4O2/c17-16(18,19)11-25-14-3-1-2-13(21-14)15(24)23-7-4-12(10-23)22-8-5-20-6-9-22/h1-3,12,20H,4-11H2. The molecule has 1 amide bonds. The lowest BCUT2D eigenvalue weighted by molar-refractivity contribution is -0.154. The van der Waals surface area contributed by atoms with E-state index in [-0.39, 0.29) is 17.5 Å². The first-order valence-electron chi connectivity index (χ1n) is 8.33. The van der Waals surface area contributed by atoms with Gasteiger partial charge in [0, 0.05) is 51.4 Å². The molecule has 1 aromatic heterocycles. The summed E-state index contributed by atoms with van der Waals surface area (Å²) in [6, 6.07) is 4.63. The Morgan fingerprint density at radius 3 is 2.76 bits per heavy atom. The number of piperazine rings is 1. The molecular formula is C16H21F3N4O2. The van der Waals surface area contributed by atoms with E-state index in [0.29, 0.717) is 19.1 Å². The van der Waals surface area contributed by atoms with Crippen molar-refractivity contribution in [1.29, 1.82) is 0 Å². The predicted molar refractivity (Wildman–Crippen MR) is 84.5 cm³/mol. The van der Waals surface area contributed by atoms with Crippen LogP contribution in [0, 0.1) is 0 Å². The highest BCUT2D eigenvalue weighted by Gasteiger charge is 2.32. The number of rotatable bonds is 4. The SMILES string of the molecule is O=C(c1cccc(OCC(F)(F)F)n1)N1CCC(N2CCNCC2)C1. The number of hydrogen-bond acceptors (Lipinski definition) is 5. The van der Waals surface area contributed by atoms with Crippen molar-refractivity contribution in [2.45, 2.75) is 18.6 Å². The molecule has 1 N–H and O–H groups in total. The van der Waals surface area contributed by atoms with Gasteiger partial charge in [-0.15, -0.1) is 0 Å². The molecule has 9 heteroatoms. The Balaban J connectivity index is 1.59. The summed E-state index contributed by atoms with van der Waals surface area (Å²) in [5.74, 6) is -0.462. The van der Waals surface area contributed by atoms with E-state index in [4.69, 9.17) is 0 Å². The van der Waals surface area contributed by atoms with Crippen molar-refractivity contribution < 1.29 is 22.7 Å². The maximum Gasteiger partial charge on any atom is 0.422 e. The lowest BCUT2D eigenvalue weighted by Gasteiger charge is -2.32. The zero-order valence-corrected chi connectivity index (χ0v) is 13.8. The van der Waals surface area contributed by atoms with Crippen LogP contribution >= 0.6 is 0 Å². The van der Waals surface area contributed by atoms with Gasteiger partial charge in [0.05, 0.1) is 0 Å². The highest BCUT2D eigenvalue weighted by atomic mass is 19.4. The molecule has 6 nitrogen and oxygen atoms in total. The van der Waals surface area contributed by atoms with Crippen molar-refractivity contribution in [3.05, 3.63) is 23.9 Å². The molecule has 3 heterocycles. The van der Waals surface area contributed by atoms with Crippen molar-refractivity contribution in [3.8, 4) is 5.88 Å². The summed E-state index contributed by atoms with van der Waals surface area (Å²) in [6.45, 7) is 3.65. The van der Waals surface area contributed by atoms with Crippen molar-refractivity contribution in [3.63, 3.8) is 0 Å². The van der Waals surface area contributed by atoms with Crippen LogP contribution < -0.4 is 10.1 Å². The second kappa shape index (κ2) is 7.57. The number of aromatic nitrogens is 1. The number of carbonyl (C=O) groups excluding carboxylic acids is 1. The highest BCUT2D eigenvalue weighted by molar-refractivity contribution is 5.92. The molecule has 2 saturated heterocycles. The summed E-state index contributed by atoms with van der Waals surface area (Å²) < 4.78 is 41.3. The third-order valence-corrected chi connectivity index (χ3v) is 4.44. The summed E-state index contributed by atoms with van der Waals surface area (Å²) in [5, 5.41) is 3.30. The minimum absolute atomic E-state index is 0.112. The average molecular weight is 358 g/mol. The van der Waals surface area contributed by atoms with Gasteiger partial charge in [0.15, 0.2) is 6.61 Å². The molecule has 1 unspecified atom stereocenters. The van der Waals surface area contributed by atoms with Crippen LogP contribution in [0.25, 0.3) is 0 Å². The van der Waals surface area contributed by atoms with Gasteiger partial charge in [-0.2, -0.15) is 13.2 Å². The molecule has 0 aliphatic carbocycles. The number of pyridine rings is 1. The van der Waals surface area contributed by atoms with Crippen LogP contribution in [-0.4, -0.2) is 78.8 Å². The topological polar surface area (TPSA) is 57.7 Å². The van der Waals surface area contributed by atoms with Crippen molar-refractivity contribution in [2.24, 2.45) is 0 Å². The Kier molecular flexibility index (Phi) is 5.43. The van der Waals surface area contributed by atoms with Crippen LogP contribution in [0.5, 0.6) is 5.88 Å². The van der Waals surface area contributed by atoms with E-state index in [1.54, 1.807) is 4.90 Å². The molecule has 2 fully saturated rings. The minimum Gasteiger partial charge on any atom is -0.468 e. The number of ether oxygens (including phenoxy) is 1. The Bertz CT molecular complexity index is 605. The number of carbonyl (C=O) groups is 1. The fraction of sp³-hybridized carbons (Fsp3) is 0.625. The average Bonchev–Trinajstić information content (AvgIpc) is 3.10. The van der Waals surface area contributed by atoms with Gasteiger partial charge in [-0.1, -0.05) is 6.07 Å². The Morgan fingerprint density at radius 1 is 1.28 bits per heavy atom. The number of nitrogens with one attached hydrogen (secondary N) is 1. The first kappa shape index (κ1) is 17.9. The van der Waals surface area contributed by atoms with E-state index in [0.717, 1.165) is 32.6 Å². The smallest absolute Gasteiger partial charge is 0.422 e. The van der Waals surface area contributed by atoms with Gasteiger partial charge in [0.2, 0.25) is 5.88 Å². The summed E-state index contributed by atoms with van der Waals surface area (Å²) in [5.41, 5.74) is 0.112. The molecule has 2 aliphatic heterocycles. The second-order valence-corrected chi connectivity index (χ2v) is 6.24. The number of halogens is 3. The van der Waals surface area contributed by atoms with Crippen LogP contribution in [0.15, 0.2) is 18.2 Å². The zero-order valence-electron chi connectivity index (χ0n) is 13.8. The molecule has 3 rings (SSSR count). The minimum atomic E-state index is -4.44. The summed E-state index contributed by atoms with van der Waals surface area (Å²) in [6.07, 6.45) is -3.54. The summed E-state index contributed by atoms with van der Waals surface area (Å²) in [4.78, 5) is 20.6. The lowest BCUT2D eigenvalue weighted by atomic mass is 10.2. The molecule has 1 atom stereocenters. The van der Waals surface area contributed by atoms with Crippen molar-refractivity contribution in [1.82, 2.24) is 20.1 Å². The van der Waals surface area contributed by atoms with E-state index in [9.17, 15) is 18.0 Å². The molecule has 0 bridgehead atoms. The van der Waals surface area contributed by atoms with E-state index in [2.05, 4.69) is 19.9 Å². The van der Waals surface area contributed by atoms with Gasteiger partial charge in [-0.05, 0) is 12.5 Å². The Labute approximate surface area is 143 Å². The Morgan fingerprint density at radius 2 is 2.04 bits per heavy atom. The molecule has 0 saturated carbocycles. The maximum absolute atomic E-state index is 12.6. The molecule has 0 radical (unpaired) electrons. The molecule has 138 valence electrons. The first-order valence-corrected chi connectivity index (χ1v) is 8.33. The number of amides is 1. The van der Waals surface area contributed by atoms with Gasteiger partial charge < -0.3 is 15.0 Å². The summed E-state index contributed by atoms with van der Waals surface area (Å²) in [7, 11) is 0. The number of likely N-dealkylation sites (tertiary alicyclic amines) is 1. The largest absolute Gasteiger partial charge is 0.468 e. The molecule has 25 heavy (non-hydrogen) atoms. The predicted octanol–water partition coefficient (Wildman–Crippen LogP) is 1.14. The monoisotopic (exact) mass is 358 g/mol. The van der Waals surface area contributed by atoms with Crippen LogP contribution in [0.4, 0.5) is 13.2 Å². The molecule has 0 aromatic carbocycles. The van der Waals surface area contributed by atoms with Crippen LogP contribution in [0.1, 0.15) is 16.9 Å². The molecule has 2 aliphatic rings. The van der Waals surface area contributed by atoms with E-state index in [1.165, 1.54) is 18.2 Å². The third-order valence-electron chi connectivity index (χ3n) is 4.44. The van der Waals surface area contributed by atoms with Crippen LogP contribution in [0.3, 0.4) is 0 Å².